The van der Waals surface area contributed by atoms with Crippen LogP contribution in [0.3, 0.4) is 0 Å². The number of ether oxygens (including phenoxy) is 1. The largest absolute Gasteiger partial charge is 0.444 e. The highest BCUT2D eigenvalue weighted by atomic mass is 16.5. The van der Waals surface area contributed by atoms with E-state index < -0.39 is 0 Å². The lowest BCUT2D eigenvalue weighted by Crippen LogP contribution is -3.12. The number of benzene rings is 2. The van der Waals surface area contributed by atoms with Crippen molar-refractivity contribution in [2.75, 3.05) is 6.73 Å². The maximum atomic E-state index is 12.5. The van der Waals surface area contributed by atoms with E-state index in [9.17, 15) is 4.79 Å². The van der Waals surface area contributed by atoms with Crippen molar-refractivity contribution >= 4 is 11.0 Å². The van der Waals surface area contributed by atoms with Gasteiger partial charge in [-0.05, 0) is 51.2 Å². The highest BCUT2D eigenvalue weighted by molar-refractivity contribution is 5.87. The van der Waals surface area contributed by atoms with Crippen LogP contribution in [0.5, 0.6) is 5.75 Å². The van der Waals surface area contributed by atoms with Gasteiger partial charge in [0.15, 0.2) is 0 Å². The van der Waals surface area contributed by atoms with Crippen molar-refractivity contribution < 1.29 is 14.1 Å². The van der Waals surface area contributed by atoms with Crippen LogP contribution >= 0.6 is 0 Å². The lowest BCUT2D eigenvalue weighted by molar-refractivity contribution is -0.960. The van der Waals surface area contributed by atoms with Crippen LogP contribution in [-0.4, -0.2) is 6.73 Å². The second-order valence-electron chi connectivity index (χ2n) is 8.18. The lowest BCUT2D eigenvalue weighted by Gasteiger charge is -2.32. The molecule has 0 fully saturated rings. The van der Waals surface area contributed by atoms with Gasteiger partial charge in [-0.3, -0.25) is 4.90 Å². The lowest BCUT2D eigenvalue weighted by atomic mass is 9.89. The van der Waals surface area contributed by atoms with Gasteiger partial charge in [0.25, 0.3) is 0 Å². The van der Waals surface area contributed by atoms with Crippen LogP contribution in [-0.2, 0) is 19.4 Å². The maximum absolute atomic E-state index is 12.5. The quantitative estimate of drug-likeness (QED) is 0.697. The van der Waals surface area contributed by atoms with Gasteiger partial charge in [-0.1, -0.05) is 30.3 Å². The van der Waals surface area contributed by atoms with E-state index >= 15 is 0 Å². The SMILES string of the molecule is Cc1c2c(cc3c4c(c(=O)oc13)CCCC4)C[NH+]([C@H](C)c1ccccc1)CO2. The minimum atomic E-state index is -0.161. The molecule has 0 saturated carbocycles. The van der Waals surface area contributed by atoms with E-state index in [-0.39, 0.29) is 5.63 Å². The summed E-state index contributed by atoms with van der Waals surface area (Å²) in [5.74, 6) is 0.899. The molecule has 2 atom stereocenters. The van der Waals surface area contributed by atoms with E-state index in [0.29, 0.717) is 18.4 Å². The molecule has 2 heterocycles. The minimum Gasteiger partial charge on any atom is -0.444 e. The predicted octanol–water partition coefficient (Wildman–Crippen LogP) is 3.48. The third-order valence-electron chi connectivity index (χ3n) is 6.50. The summed E-state index contributed by atoms with van der Waals surface area (Å²) in [4.78, 5) is 13.9. The summed E-state index contributed by atoms with van der Waals surface area (Å²) in [5, 5.41) is 1.11. The summed E-state index contributed by atoms with van der Waals surface area (Å²) in [7, 11) is 0. The normalized spacial score (nSPS) is 19.6. The van der Waals surface area contributed by atoms with Crippen LogP contribution in [0.25, 0.3) is 11.0 Å². The summed E-state index contributed by atoms with van der Waals surface area (Å²) < 4.78 is 12.0. The molecule has 0 radical (unpaired) electrons. The first-order chi connectivity index (χ1) is 13.6. The first-order valence-corrected chi connectivity index (χ1v) is 10.3. The van der Waals surface area contributed by atoms with Crippen molar-refractivity contribution in [3.63, 3.8) is 0 Å². The van der Waals surface area contributed by atoms with Gasteiger partial charge in [0.2, 0.25) is 6.73 Å². The number of aryl methyl sites for hydroxylation is 2. The van der Waals surface area contributed by atoms with Crippen molar-refractivity contribution in [1.29, 1.82) is 0 Å². The summed E-state index contributed by atoms with van der Waals surface area (Å²) in [6.07, 6.45) is 4.01. The Kier molecular flexibility index (Phi) is 4.24. The third-order valence-corrected chi connectivity index (χ3v) is 6.50. The second kappa shape index (κ2) is 6.78. The zero-order valence-electron chi connectivity index (χ0n) is 16.5. The smallest absolute Gasteiger partial charge is 0.339 e. The fourth-order valence-corrected chi connectivity index (χ4v) is 4.84. The summed E-state index contributed by atoms with van der Waals surface area (Å²) in [6, 6.07) is 13.2. The fraction of sp³-hybridized carbons (Fsp3) is 0.375. The molecule has 4 heteroatoms. The Balaban J connectivity index is 1.59. The minimum absolute atomic E-state index is 0.161. The zero-order chi connectivity index (χ0) is 19.3. The first kappa shape index (κ1) is 17.5. The monoisotopic (exact) mass is 376 g/mol. The van der Waals surface area contributed by atoms with Crippen LogP contribution < -0.4 is 15.3 Å². The summed E-state index contributed by atoms with van der Waals surface area (Å²) >= 11 is 0. The summed E-state index contributed by atoms with van der Waals surface area (Å²) in [5.41, 5.74) is 6.14. The number of quaternary nitrogens is 1. The first-order valence-electron chi connectivity index (χ1n) is 10.3. The van der Waals surface area contributed by atoms with Gasteiger partial charge in [0.1, 0.15) is 23.9 Å². The van der Waals surface area contributed by atoms with Crippen molar-refractivity contribution in [2.24, 2.45) is 0 Å². The van der Waals surface area contributed by atoms with E-state index in [1.54, 1.807) is 0 Å². The molecule has 4 nitrogen and oxygen atoms in total. The molecule has 1 N–H and O–H groups in total. The molecule has 1 unspecified atom stereocenters. The standard InChI is InChI=1S/C24H25NO3/c1-15-22-18(13-25(14-27-22)16(2)17-8-4-3-5-9-17)12-21-19-10-6-7-11-20(19)24(26)28-23(15)21/h3-5,8-9,12,16H,6-7,10-11,13-14H2,1-2H3/p+1/t16-/m1/s1. The van der Waals surface area contributed by atoms with E-state index in [4.69, 9.17) is 9.15 Å². The molecule has 0 bridgehead atoms. The van der Waals surface area contributed by atoms with Crippen LogP contribution in [0.1, 0.15) is 53.6 Å². The topological polar surface area (TPSA) is 43.9 Å². The van der Waals surface area contributed by atoms with Gasteiger partial charge in [0.05, 0.1) is 0 Å². The Morgan fingerprint density at radius 1 is 1.07 bits per heavy atom. The molecule has 0 saturated heterocycles. The number of rotatable bonds is 2. The molecule has 5 rings (SSSR count). The molecule has 0 amide bonds. The van der Waals surface area contributed by atoms with Gasteiger partial charge in [-0.2, -0.15) is 0 Å². The van der Waals surface area contributed by atoms with E-state index in [0.717, 1.165) is 54.5 Å². The van der Waals surface area contributed by atoms with Gasteiger partial charge in [-0.15, -0.1) is 0 Å². The molecule has 2 aromatic carbocycles. The molecule has 144 valence electrons. The van der Waals surface area contributed by atoms with Crippen LogP contribution in [0.15, 0.2) is 45.6 Å². The average Bonchev–Trinajstić information content (AvgIpc) is 2.75. The number of hydrogen-bond donors (Lipinski definition) is 1. The molecular weight excluding hydrogens is 350 g/mol. The van der Waals surface area contributed by atoms with E-state index in [2.05, 4.69) is 43.3 Å². The number of nitrogens with one attached hydrogen (secondary N) is 1. The molecule has 1 aliphatic carbocycles. The zero-order valence-corrected chi connectivity index (χ0v) is 16.5. The van der Waals surface area contributed by atoms with Gasteiger partial charge < -0.3 is 9.15 Å². The maximum Gasteiger partial charge on any atom is 0.339 e. The van der Waals surface area contributed by atoms with Crippen LogP contribution in [0.2, 0.25) is 0 Å². The van der Waals surface area contributed by atoms with E-state index in [1.165, 1.54) is 21.6 Å². The van der Waals surface area contributed by atoms with Crippen LogP contribution in [0, 0.1) is 6.92 Å². The number of fused-ring (bicyclic) bond motifs is 4. The van der Waals surface area contributed by atoms with Gasteiger partial charge >= 0.3 is 5.63 Å². The molecule has 28 heavy (non-hydrogen) atoms. The highest BCUT2D eigenvalue weighted by Gasteiger charge is 2.30. The van der Waals surface area contributed by atoms with Crippen molar-refractivity contribution in [3.8, 4) is 5.75 Å². The molecule has 1 aliphatic heterocycles. The van der Waals surface area contributed by atoms with E-state index in [1.807, 2.05) is 6.92 Å². The van der Waals surface area contributed by atoms with Gasteiger partial charge in [0, 0.05) is 27.6 Å². The summed E-state index contributed by atoms with van der Waals surface area (Å²) in [6.45, 7) is 5.80. The fourth-order valence-electron chi connectivity index (χ4n) is 4.84. The predicted molar refractivity (Wildman–Crippen MR) is 109 cm³/mol. The molecule has 1 aromatic heterocycles. The third kappa shape index (κ3) is 2.75. The highest BCUT2D eigenvalue weighted by Crippen LogP contribution is 2.36. The molecule has 3 aromatic rings. The molecule has 0 spiro atoms. The Bertz CT molecular complexity index is 1100. The average molecular weight is 376 g/mol. The second-order valence-corrected chi connectivity index (χ2v) is 8.18. The Morgan fingerprint density at radius 2 is 1.82 bits per heavy atom. The number of hydrogen-bond acceptors (Lipinski definition) is 3. The Labute approximate surface area is 164 Å². The van der Waals surface area contributed by atoms with Crippen molar-refractivity contribution in [3.05, 3.63) is 74.6 Å². The molecular formula is C24H26NO3+. The van der Waals surface area contributed by atoms with Crippen LogP contribution in [0.4, 0.5) is 0 Å². The Hall–Kier alpha value is -2.59. The Morgan fingerprint density at radius 3 is 2.61 bits per heavy atom. The van der Waals surface area contributed by atoms with Crippen molar-refractivity contribution in [1.82, 2.24) is 0 Å². The van der Waals surface area contributed by atoms with Crippen molar-refractivity contribution in [2.45, 2.75) is 52.1 Å². The van der Waals surface area contributed by atoms with Gasteiger partial charge in [-0.25, -0.2) is 4.79 Å². The molecule has 2 aliphatic rings.